The van der Waals surface area contributed by atoms with Crippen LogP contribution >= 0.6 is 0 Å². The Morgan fingerprint density at radius 2 is 2.12 bits per heavy atom. The first-order valence-corrected chi connectivity index (χ1v) is 5.48. The number of ether oxygens (including phenoxy) is 1. The Balaban J connectivity index is 2.45. The van der Waals surface area contributed by atoms with Gasteiger partial charge in [-0.15, -0.1) is 0 Å². The van der Waals surface area contributed by atoms with Crippen LogP contribution in [0.1, 0.15) is 12.0 Å². The van der Waals surface area contributed by atoms with Crippen molar-refractivity contribution in [2.75, 3.05) is 13.7 Å². The van der Waals surface area contributed by atoms with E-state index in [1.54, 1.807) is 7.11 Å². The molecule has 0 saturated heterocycles. The van der Waals surface area contributed by atoms with Gasteiger partial charge in [-0.2, -0.15) is 0 Å². The van der Waals surface area contributed by atoms with Gasteiger partial charge in [0.1, 0.15) is 0 Å². The highest BCUT2D eigenvalue weighted by Crippen LogP contribution is 2.22. The molecule has 0 amide bonds. The standard InChI is InChI=1S/C13H16N2O/c1-16-13-11(6-4-8-14)9-10-5-2-3-7-12(10)15-13/h2-3,5,7,9H,4,6,8,14H2,1H3. The molecule has 3 heteroatoms. The van der Waals surface area contributed by atoms with Crippen molar-refractivity contribution in [3.63, 3.8) is 0 Å². The number of aryl methyl sites for hydroxylation is 1. The zero-order valence-corrected chi connectivity index (χ0v) is 9.44. The number of benzene rings is 1. The fraction of sp³-hybridized carbons (Fsp3) is 0.308. The van der Waals surface area contributed by atoms with E-state index in [0.29, 0.717) is 12.4 Å². The molecule has 0 aliphatic heterocycles. The predicted octanol–water partition coefficient (Wildman–Crippen LogP) is 2.13. The lowest BCUT2D eigenvalue weighted by Crippen LogP contribution is -2.02. The minimum absolute atomic E-state index is 0.690. The summed E-state index contributed by atoms with van der Waals surface area (Å²) >= 11 is 0. The number of rotatable bonds is 4. The minimum Gasteiger partial charge on any atom is -0.481 e. The number of nitrogens with zero attached hydrogens (tertiary/aromatic N) is 1. The van der Waals surface area contributed by atoms with E-state index in [1.807, 2.05) is 18.2 Å². The maximum Gasteiger partial charge on any atom is 0.216 e. The van der Waals surface area contributed by atoms with Crippen molar-refractivity contribution in [3.05, 3.63) is 35.9 Å². The molecule has 2 N–H and O–H groups in total. The van der Waals surface area contributed by atoms with Crippen LogP contribution in [0.4, 0.5) is 0 Å². The monoisotopic (exact) mass is 216 g/mol. The predicted molar refractivity (Wildman–Crippen MR) is 65.7 cm³/mol. The molecule has 2 rings (SSSR count). The maximum absolute atomic E-state index is 5.52. The van der Waals surface area contributed by atoms with Crippen LogP contribution < -0.4 is 10.5 Å². The van der Waals surface area contributed by atoms with Gasteiger partial charge < -0.3 is 10.5 Å². The van der Waals surface area contributed by atoms with Gasteiger partial charge in [-0.25, -0.2) is 4.98 Å². The van der Waals surface area contributed by atoms with Gasteiger partial charge in [0.2, 0.25) is 5.88 Å². The van der Waals surface area contributed by atoms with Gasteiger partial charge in [-0.3, -0.25) is 0 Å². The summed E-state index contributed by atoms with van der Waals surface area (Å²) in [5.41, 5.74) is 7.62. The van der Waals surface area contributed by atoms with Gasteiger partial charge in [-0.1, -0.05) is 18.2 Å². The van der Waals surface area contributed by atoms with Crippen molar-refractivity contribution >= 4 is 10.9 Å². The second-order valence-corrected chi connectivity index (χ2v) is 3.74. The zero-order chi connectivity index (χ0) is 11.4. The third-order valence-corrected chi connectivity index (χ3v) is 2.61. The van der Waals surface area contributed by atoms with Gasteiger partial charge in [0, 0.05) is 10.9 Å². The molecule has 0 aliphatic carbocycles. The van der Waals surface area contributed by atoms with Crippen LogP contribution in [0.15, 0.2) is 30.3 Å². The highest BCUT2D eigenvalue weighted by Gasteiger charge is 2.06. The quantitative estimate of drug-likeness (QED) is 0.851. The first-order valence-electron chi connectivity index (χ1n) is 5.48. The first-order chi connectivity index (χ1) is 7.85. The second kappa shape index (κ2) is 4.94. The molecule has 0 unspecified atom stereocenters. The largest absolute Gasteiger partial charge is 0.481 e. The molecular formula is C13H16N2O. The summed E-state index contributed by atoms with van der Waals surface area (Å²) in [5, 5.41) is 1.15. The van der Waals surface area contributed by atoms with E-state index in [2.05, 4.69) is 17.1 Å². The fourth-order valence-electron chi connectivity index (χ4n) is 1.79. The van der Waals surface area contributed by atoms with Crippen molar-refractivity contribution < 1.29 is 4.74 Å². The number of pyridine rings is 1. The summed E-state index contributed by atoms with van der Waals surface area (Å²) in [7, 11) is 1.66. The van der Waals surface area contributed by atoms with Gasteiger partial charge in [0.05, 0.1) is 12.6 Å². The van der Waals surface area contributed by atoms with Crippen molar-refractivity contribution in [2.24, 2.45) is 5.73 Å². The van der Waals surface area contributed by atoms with Gasteiger partial charge >= 0.3 is 0 Å². The smallest absolute Gasteiger partial charge is 0.216 e. The van der Waals surface area contributed by atoms with Crippen LogP contribution in [-0.2, 0) is 6.42 Å². The lowest BCUT2D eigenvalue weighted by atomic mass is 10.1. The topological polar surface area (TPSA) is 48.1 Å². The SMILES string of the molecule is COc1nc2ccccc2cc1CCCN. The molecule has 0 spiro atoms. The molecule has 16 heavy (non-hydrogen) atoms. The van der Waals surface area contributed by atoms with Gasteiger partial charge in [0.15, 0.2) is 0 Å². The number of fused-ring (bicyclic) bond motifs is 1. The second-order valence-electron chi connectivity index (χ2n) is 3.74. The number of nitrogens with two attached hydrogens (primary N) is 1. The number of para-hydroxylation sites is 1. The van der Waals surface area contributed by atoms with Crippen LogP contribution in [0.2, 0.25) is 0 Å². The molecular weight excluding hydrogens is 200 g/mol. The van der Waals surface area contributed by atoms with Crippen LogP contribution in [0.5, 0.6) is 5.88 Å². The van der Waals surface area contributed by atoms with Crippen molar-refractivity contribution in [2.45, 2.75) is 12.8 Å². The molecule has 0 fully saturated rings. The highest BCUT2D eigenvalue weighted by atomic mass is 16.5. The van der Waals surface area contributed by atoms with Crippen LogP contribution in [0.25, 0.3) is 10.9 Å². The number of hydrogen-bond donors (Lipinski definition) is 1. The summed E-state index contributed by atoms with van der Waals surface area (Å²) in [5.74, 6) is 0.715. The zero-order valence-electron chi connectivity index (χ0n) is 9.44. The minimum atomic E-state index is 0.690. The van der Waals surface area contributed by atoms with E-state index in [4.69, 9.17) is 10.5 Å². The van der Waals surface area contributed by atoms with Gasteiger partial charge in [0.25, 0.3) is 0 Å². The molecule has 0 saturated carbocycles. The van der Waals surface area contributed by atoms with E-state index in [9.17, 15) is 0 Å². The van der Waals surface area contributed by atoms with E-state index >= 15 is 0 Å². The summed E-state index contributed by atoms with van der Waals surface area (Å²) in [6.07, 6.45) is 1.87. The average molecular weight is 216 g/mol. The molecule has 1 aromatic heterocycles. The lowest BCUT2D eigenvalue weighted by molar-refractivity contribution is 0.394. The van der Waals surface area contributed by atoms with Crippen LogP contribution in [-0.4, -0.2) is 18.6 Å². The summed E-state index contributed by atoms with van der Waals surface area (Å²) < 4.78 is 5.30. The molecule has 84 valence electrons. The van der Waals surface area contributed by atoms with Crippen LogP contribution in [0, 0.1) is 0 Å². The van der Waals surface area contributed by atoms with E-state index in [-0.39, 0.29) is 0 Å². The Hall–Kier alpha value is -1.61. The van der Waals surface area contributed by atoms with E-state index in [0.717, 1.165) is 29.3 Å². The summed E-state index contributed by atoms with van der Waals surface area (Å²) in [4.78, 5) is 4.48. The number of aromatic nitrogens is 1. The highest BCUT2D eigenvalue weighted by molar-refractivity contribution is 5.80. The van der Waals surface area contributed by atoms with E-state index in [1.165, 1.54) is 0 Å². The fourth-order valence-corrected chi connectivity index (χ4v) is 1.79. The third-order valence-electron chi connectivity index (χ3n) is 2.61. The molecule has 0 bridgehead atoms. The summed E-state index contributed by atoms with van der Waals surface area (Å²) in [6.45, 7) is 0.690. The lowest BCUT2D eigenvalue weighted by Gasteiger charge is -2.08. The molecule has 0 atom stereocenters. The molecule has 1 heterocycles. The van der Waals surface area contributed by atoms with Crippen molar-refractivity contribution in [3.8, 4) is 5.88 Å². The third kappa shape index (κ3) is 2.14. The van der Waals surface area contributed by atoms with Crippen molar-refractivity contribution in [1.29, 1.82) is 0 Å². The summed E-state index contributed by atoms with van der Waals surface area (Å²) in [6, 6.07) is 10.2. The Kier molecular flexibility index (Phi) is 3.37. The Morgan fingerprint density at radius 1 is 1.31 bits per heavy atom. The van der Waals surface area contributed by atoms with E-state index < -0.39 is 0 Å². The molecule has 1 aromatic carbocycles. The number of hydrogen-bond acceptors (Lipinski definition) is 3. The maximum atomic E-state index is 5.52. The molecule has 0 radical (unpaired) electrons. The Morgan fingerprint density at radius 3 is 2.88 bits per heavy atom. The normalized spacial score (nSPS) is 10.6. The van der Waals surface area contributed by atoms with Gasteiger partial charge in [-0.05, 0) is 31.5 Å². The molecule has 3 nitrogen and oxygen atoms in total. The molecule has 2 aromatic rings. The first kappa shape index (κ1) is 10.9. The molecule has 0 aliphatic rings. The van der Waals surface area contributed by atoms with Crippen molar-refractivity contribution in [1.82, 2.24) is 4.98 Å². The van der Waals surface area contributed by atoms with Crippen LogP contribution in [0.3, 0.4) is 0 Å². The average Bonchev–Trinajstić information content (AvgIpc) is 2.35. The Labute approximate surface area is 95.2 Å². The Bertz CT molecular complexity index is 482. The number of methoxy groups -OCH3 is 1.